The monoisotopic (exact) mass is 477 g/mol. The zero-order valence-corrected chi connectivity index (χ0v) is 21.4. The molecule has 1 heterocycles. The van der Waals surface area contributed by atoms with Crippen molar-refractivity contribution in [1.82, 2.24) is 9.88 Å². The highest BCUT2D eigenvalue weighted by atomic mass is 35.5. The number of hydrogen-bond donors (Lipinski definition) is 0. The van der Waals surface area contributed by atoms with Gasteiger partial charge >= 0.3 is 0 Å². The van der Waals surface area contributed by atoms with Gasteiger partial charge in [-0.3, -0.25) is 9.69 Å². The van der Waals surface area contributed by atoms with Crippen molar-refractivity contribution in [3.63, 3.8) is 0 Å². The lowest BCUT2D eigenvalue weighted by atomic mass is 10.1. The van der Waals surface area contributed by atoms with Crippen LogP contribution in [0.5, 0.6) is 0 Å². The molecule has 0 aliphatic rings. The Balaban J connectivity index is 0.00000341. The first-order chi connectivity index (χ1) is 14.4. The number of benzene rings is 2. The molecule has 0 saturated carbocycles. The summed E-state index contributed by atoms with van der Waals surface area (Å²) in [6, 6.07) is 14.7. The topological polar surface area (TPSA) is 36.4 Å². The third kappa shape index (κ3) is 7.21. The van der Waals surface area contributed by atoms with Crippen molar-refractivity contribution in [2.45, 2.75) is 43.8 Å². The van der Waals surface area contributed by atoms with Crippen LogP contribution in [0.15, 0.2) is 47.4 Å². The van der Waals surface area contributed by atoms with E-state index in [9.17, 15) is 4.79 Å². The molecule has 0 aliphatic carbocycles. The maximum atomic E-state index is 13.3. The number of rotatable bonds is 9. The molecular formula is C24H32ClN3OS2. The van der Waals surface area contributed by atoms with Crippen LogP contribution in [0.4, 0.5) is 5.13 Å². The van der Waals surface area contributed by atoms with Gasteiger partial charge in [-0.1, -0.05) is 50.3 Å². The molecule has 7 heteroatoms. The van der Waals surface area contributed by atoms with Crippen LogP contribution >= 0.6 is 35.5 Å². The maximum absolute atomic E-state index is 13.3. The highest BCUT2D eigenvalue weighted by Crippen LogP contribution is 2.30. The highest BCUT2D eigenvalue weighted by Gasteiger charge is 2.20. The molecule has 3 aromatic rings. The van der Waals surface area contributed by atoms with Crippen LogP contribution in [0, 0.1) is 0 Å². The molecule has 0 fully saturated rings. The van der Waals surface area contributed by atoms with Crippen molar-refractivity contribution in [1.29, 1.82) is 0 Å². The predicted octanol–water partition coefficient (Wildman–Crippen LogP) is 5.92. The van der Waals surface area contributed by atoms with Gasteiger partial charge in [0.2, 0.25) is 5.91 Å². The van der Waals surface area contributed by atoms with Crippen molar-refractivity contribution >= 4 is 56.8 Å². The van der Waals surface area contributed by atoms with Crippen molar-refractivity contribution in [3.05, 3.63) is 53.6 Å². The molecule has 0 aliphatic heterocycles. The van der Waals surface area contributed by atoms with E-state index in [0.29, 0.717) is 18.2 Å². The number of aryl methyl sites for hydroxylation is 1. The van der Waals surface area contributed by atoms with Crippen molar-refractivity contribution in [2.75, 3.05) is 32.1 Å². The van der Waals surface area contributed by atoms with E-state index in [0.717, 1.165) is 33.9 Å². The molecule has 31 heavy (non-hydrogen) atoms. The Kier molecular flexibility index (Phi) is 9.82. The van der Waals surface area contributed by atoms with E-state index < -0.39 is 0 Å². The summed E-state index contributed by atoms with van der Waals surface area (Å²) in [6.45, 7) is 7.96. The van der Waals surface area contributed by atoms with Crippen LogP contribution < -0.4 is 4.90 Å². The Labute approximate surface area is 200 Å². The Morgan fingerprint density at radius 2 is 1.74 bits per heavy atom. The molecule has 0 atom stereocenters. The van der Waals surface area contributed by atoms with Gasteiger partial charge < -0.3 is 4.90 Å². The number of likely N-dealkylation sites (N-methyl/N-ethyl adjacent to an activating group) is 1. The van der Waals surface area contributed by atoms with Gasteiger partial charge in [0.25, 0.3) is 0 Å². The molecule has 0 unspecified atom stereocenters. The van der Waals surface area contributed by atoms with E-state index in [4.69, 9.17) is 4.98 Å². The molecule has 168 valence electrons. The number of fused-ring (bicyclic) bond motifs is 1. The number of anilines is 1. The SMILES string of the molecule is CCc1ccc2nc(N(CCN(C)C)C(=O)Cc3ccc(SC(C)C)cc3)sc2c1.Cl. The summed E-state index contributed by atoms with van der Waals surface area (Å²) in [6.07, 6.45) is 1.38. The van der Waals surface area contributed by atoms with E-state index >= 15 is 0 Å². The van der Waals surface area contributed by atoms with Crippen LogP contribution in [-0.2, 0) is 17.6 Å². The average molecular weight is 478 g/mol. The lowest BCUT2D eigenvalue weighted by molar-refractivity contribution is -0.118. The largest absolute Gasteiger partial charge is 0.308 e. The fourth-order valence-corrected chi connectivity index (χ4v) is 5.06. The number of amides is 1. The van der Waals surface area contributed by atoms with Crippen molar-refractivity contribution in [2.24, 2.45) is 0 Å². The molecule has 3 rings (SSSR count). The molecule has 2 aromatic carbocycles. The first-order valence-corrected chi connectivity index (χ1v) is 12.2. The quantitative estimate of drug-likeness (QED) is 0.358. The molecule has 0 spiro atoms. The number of hydrogen-bond acceptors (Lipinski definition) is 5. The first kappa shape index (κ1) is 25.7. The number of carbonyl (C=O) groups excluding carboxylic acids is 1. The number of thioether (sulfide) groups is 1. The molecule has 4 nitrogen and oxygen atoms in total. The number of nitrogens with zero attached hydrogens (tertiary/aromatic N) is 3. The van der Waals surface area contributed by atoms with Gasteiger partial charge in [-0.05, 0) is 55.9 Å². The standard InChI is InChI=1S/C24H31N3OS2.ClH/c1-6-18-9-12-21-22(15-18)30-24(25-21)27(14-13-26(4)5)23(28)16-19-7-10-20(11-8-19)29-17(2)3;/h7-12,15,17H,6,13-14,16H2,1-5H3;1H. The Hall–Kier alpha value is -1.60. The fraction of sp³-hybridized carbons (Fsp3) is 0.417. The summed E-state index contributed by atoms with van der Waals surface area (Å²) in [4.78, 5) is 23.2. The van der Waals surface area contributed by atoms with Crippen LogP contribution in [0.25, 0.3) is 10.2 Å². The summed E-state index contributed by atoms with van der Waals surface area (Å²) in [5.74, 6) is 0.0934. The third-order valence-corrected chi connectivity index (χ3v) is 6.86. The third-order valence-electron chi connectivity index (χ3n) is 4.80. The summed E-state index contributed by atoms with van der Waals surface area (Å²) in [5.41, 5.74) is 3.30. The van der Waals surface area contributed by atoms with Gasteiger partial charge in [-0.2, -0.15) is 0 Å². The molecule has 0 N–H and O–H groups in total. The first-order valence-electron chi connectivity index (χ1n) is 10.5. The number of halogens is 1. The lowest BCUT2D eigenvalue weighted by Crippen LogP contribution is -2.37. The zero-order valence-electron chi connectivity index (χ0n) is 18.9. The summed E-state index contributed by atoms with van der Waals surface area (Å²) < 4.78 is 1.14. The van der Waals surface area contributed by atoms with E-state index in [-0.39, 0.29) is 18.3 Å². The van der Waals surface area contributed by atoms with E-state index in [1.165, 1.54) is 10.5 Å². The van der Waals surface area contributed by atoms with Crippen molar-refractivity contribution < 1.29 is 4.79 Å². The minimum absolute atomic E-state index is 0. The van der Waals surface area contributed by atoms with Gasteiger partial charge in [-0.15, -0.1) is 24.2 Å². The van der Waals surface area contributed by atoms with Crippen LogP contribution in [0.3, 0.4) is 0 Å². The highest BCUT2D eigenvalue weighted by molar-refractivity contribution is 7.99. The second-order valence-electron chi connectivity index (χ2n) is 7.99. The second kappa shape index (κ2) is 11.9. The Morgan fingerprint density at radius 1 is 1.06 bits per heavy atom. The van der Waals surface area contributed by atoms with E-state index in [1.807, 2.05) is 30.8 Å². The Morgan fingerprint density at radius 3 is 2.35 bits per heavy atom. The molecule has 0 saturated heterocycles. The fourth-order valence-electron chi connectivity index (χ4n) is 3.15. The van der Waals surface area contributed by atoms with Crippen LogP contribution in [-0.4, -0.2) is 48.2 Å². The number of aromatic nitrogens is 1. The summed E-state index contributed by atoms with van der Waals surface area (Å²) >= 11 is 3.44. The van der Waals surface area contributed by atoms with Gasteiger partial charge in [0.1, 0.15) is 0 Å². The average Bonchev–Trinajstić information content (AvgIpc) is 3.11. The minimum Gasteiger partial charge on any atom is -0.308 e. The van der Waals surface area contributed by atoms with Crippen LogP contribution in [0.1, 0.15) is 31.9 Å². The van der Waals surface area contributed by atoms with Gasteiger partial charge in [0.15, 0.2) is 5.13 Å². The van der Waals surface area contributed by atoms with Gasteiger partial charge in [0, 0.05) is 23.2 Å². The van der Waals surface area contributed by atoms with Crippen molar-refractivity contribution in [3.8, 4) is 0 Å². The molecule has 1 amide bonds. The smallest absolute Gasteiger partial charge is 0.233 e. The normalized spacial score (nSPS) is 11.2. The van der Waals surface area contributed by atoms with Gasteiger partial charge in [-0.25, -0.2) is 4.98 Å². The lowest BCUT2D eigenvalue weighted by Gasteiger charge is -2.22. The summed E-state index contributed by atoms with van der Waals surface area (Å²) in [7, 11) is 4.05. The predicted molar refractivity (Wildman–Crippen MR) is 138 cm³/mol. The number of carbonyl (C=O) groups is 1. The van der Waals surface area contributed by atoms with E-state index in [1.54, 1.807) is 11.3 Å². The minimum atomic E-state index is 0. The second-order valence-corrected chi connectivity index (χ2v) is 10.6. The number of thiazole rings is 1. The molecular weight excluding hydrogens is 446 g/mol. The molecule has 1 aromatic heterocycles. The van der Waals surface area contributed by atoms with Crippen LogP contribution in [0.2, 0.25) is 0 Å². The molecule has 0 bridgehead atoms. The molecule has 0 radical (unpaired) electrons. The Bertz CT molecular complexity index is 986. The summed E-state index contributed by atoms with van der Waals surface area (Å²) in [5, 5.41) is 1.34. The zero-order chi connectivity index (χ0) is 21.7. The maximum Gasteiger partial charge on any atom is 0.233 e. The van der Waals surface area contributed by atoms with Gasteiger partial charge in [0.05, 0.1) is 16.6 Å². The van der Waals surface area contributed by atoms with E-state index in [2.05, 4.69) is 68.1 Å².